The van der Waals surface area contributed by atoms with E-state index < -0.39 is 11.7 Å². The largest absolute Gasteiger partial charge is 0.416 e. The number of halogens is 3. The van der Waals surface area contributed by atoms with Crippen LogP contribution in [0.5, 0.6) is 0 Å². The van der Waals surface area contributed by atoms with E-state index in [1.165, 1.54) is 30.4 Å². The molecule has 106 valence electrons. The molecule has 0 amide bonds. The predicted octanol–water partition coefficient (Wildman–Crippen LogP) is 3.88. The van der Waals surface area contributed by atoms with Gasteiger partial charge in [0.2, 0.25) is 0 Å². The van der Waals surface area contributed by atoms with Crippen molar-refractivity contribution in [2.45, 2.75) is 25.9 Å². The van der Waals surface area contributed by atoms with Crippen LogP contribution in [0.3, 0.4) is 0 Å². The van der Waals surface area contributed by atoms with Crippen LogP contribution in [0.25, 0.3) is 0 Å². The van der Waals surface area contributed by atoms with Gasteiger partial charge in [0.25, 0.3) is 0 Å². The number of thiazole rings is 1. The molecule has 6 heteroatoms. The van der Waals surface area contributed by atoms with E-state index in [9.17, 15) is 18.0 Å². The van der Waals surface area contributed by atoms with Gasteiger partial charge in [0.1, 0.15) is 5.78 Å². The van der Waals surface area contributed by atoms with Crippen molar-refractivity contribution in [2.24, 2.45) is 0 Å². The normalized spacial score (nSPS) is 11.6. The smallest absolute Gasteiger partial charge is 0.300 e. The van der Waals surface area contributed by atoms with E-state index in [2.05, 4.69) is 4.98 Å². The lowest BCUT2D eigenvalue weighted by molar-refractivity contribution is -0.138. The summed E-state index contributed by atoms with van der Waals surface area (Å²) in [7, 11) is 0. The number of rotatable bonds is 4. The lowest BCUT2D eigenvalue weighted by Crippen LogP contribution is -2.09. The van der Waals surface area contributed by atoms with Crippen LogP contribution in [-0.4, -0.2) is 10.8 Å². The number of nitrogens with zero attached hydrogens (tertiary/aromatic N) is 1. The van der Waals surface area contributed by atoms with Crippen LogP contribution >= 0.6 is 11.3 Å². The first kappa shape index (κ1) is 14.7. The maximum absolute atomic E-state index is 12.9. The van der Waals surface area contributed by atoms with Crippen molar-refractivity contribution in [2.75, 3.05) is 0 Å². The van der Waals surface area contributed by atoms with Crippen molar-refractivity contribution in [3.63, 3.8) is 0 Å². The lowest BCUT2D eigenvalue weighted by Gasteiger charge is -2.11. The average molecular weight is 299 g/mol. The van der Waals surface area contributed by atoms with E-state index in [0.29, 0.717) is 10.7 Å². The van der Waals surface area contributed by atoms with Crippen molar-refractivity contribution in [3.8, 4) is 0 Å². The second-order valence-corrected chi connectivity index (χ2v) is 5.39. The molecule has 2 aromatic rings. The molecule has 0 radical (unpaired) electrons. The summed E-state index contributed by atoms with van der Waals surface area (Å²) in [6.07, 6.45) is -4.02. The van der Waals surface area contributed by atoms with E-state index in [-0.39, 0.29) is 24.2 Å². The minimum atomic E-state index is -4.37. The number of alkyl halides is 3. The Morgan fingerprint density at radius 2 is 2.00 bits per heavy atom. The summed E-state index contributed by atoms with van der Waals surface area (Å²) in [6.45, 7) is 1.46. The summed E-state index contributed by atoms with van der Waals surface area (Å²) in [5, 5.41) is 2.30. The van der Waals surface area contributed by atoms with Crippen molar-refractivity contribution < 1.29 is 18.0 Å². The van der Waals surface area contributed by atoms with E-state index in [1.54, 1.807) is 11.4 Å². The molecule has 20 heavy (non-hydrogen) atoms. The van der Waals surface area contributed by atoms with E-state index in [4.69, 9.17) is 0 Å². The molecular formula is C14H12F3NOS. The number of ketones is 1. The summed E-state index contributed by atoms with van der Waals surface area (Å²) >= 11 is 1.28. The van der Waals surface area contributed by atoms with Gasteiger partial charge in [-0.2, -0.15) is 13.2 Å². The third kappa shape index (κ3) is 3.66. The number of carbonyl (C=O) groups excluding carboxylic acids is 1. The molecule has 0 unspecified atom stereocenters. The van der Waals surface area contributed by atoms with Gasteiger partial charge in [-0.05, 0) is 18.6 Å². The van der Waals surface area contributed by atoms with Gasteiger partial charge in [-0.3, -0.25) is 4.79 Å². The van der Waals surface area contributed by atoms with Gasteiger partial charge >= 0.3 is 6.18 Å². The Balaban J connectivity index is 2.22. The van der Waals surface area contributed by atoms with Gasteiger partial charge in [0, 0.05) is 18.2 Å². The van der Waals surface area contributed by atoms with E-state index >= 15 is 0 Å². The fraction of sp³-hybridized carbons (Fsp3) is 0.286. The van der Waals surface area contributed by atoms with Gasteiger partial charge in [-0.25, -0.2) is 4.98 Å². The zero-order valence-electron chi connectivity index (χ0n) is 10.7. The number of Topliss-reactive ketones (excluding diaryl/α,β-unsaturated/α-hetero) is 1. The molecule has 2 rings (SSSR count). The molecule has 0 aliphatic rings. The standard InChI is InChI=1S/C14H12F3NOS/c1-9(19)6-11-8-20-13(18-11)7-10-4-2-3-5-12(10)14(15,16)17/h2-5,8H,6-7H2,1H3. The van der Waals surface area contributed by atoms with Gasteiger partial charge in [-0.15, -0.1) is 11.3 Å². The molecule has 0 bridgehead atoms. The van der Waals surface area contributed by atoms with Crippen LogP contribution in [-0.2, 0) is 23.8 Å². The van der Waals surface area contributed by atoms with Crippen LogP contribution in [0, 0.1) is 0 Å². The van der Waals surface area contributed by atoms with Crippen molar-refractivity contribution in [3.05, 3.63) is 51.5 Å². The molecule has 0 aliphatic heterocycles. The first-order chi connectivity index (χ1) is 9.36. The number of hydrogen-bond donors (Lipinski definition) is 0. The van der Waals surface area contributed by atoms with Gasteiger partial charge in [0.05, 0.1) is 16.3 Å². The van der Waals surface area contributed by atoms with Gasteiger partial charge in [0.15, 0.2) is 0 Å². The monoisotopic (exact) mass is 299 g/mol. The highest BCUT2D eigenvalue weighted by Gasteiger charge is 2.32. The summed E-state index contributed by atoms with van der Waals surface area (Å²) in [5.74, 6) is -0.0162. The first-order valence-corrected chi connectivity index (χ1v) is 6.82. The molecule has 0 fully saturated rings. The van der Waals surface area contributed by atoms with Gasteiger partial charge in [-0.1, -0.05) is 18.2 Å². The van der Waals surface area contributed by atoms with Crippen LogP contribution < -0.4 is 0 Å². The average Bonchev–Trinajstić information content (AvgIpc) is 2.75. The highest BCUT2D eigenvalue weighted by Crippen LogP contribution is 2.33. The Morgan fingerprint density at radius 3 is 2.65 bits per heavy atom. The number of aromatic nitrogens is 1. The second kappa shape index (κ2) is 5.75. The molecular weight excluding hydrogens is 287 g/mol. The fourth-order valence-corrected chi connectivity index (χ4v) is 2.70. The van der Waals surface area contributed by atoms with Crippen LogP contribution in [0.15, 0.2) is 29.6 Å². The molecule has 0 atom stereocenters. The van der Waals surface area contributed by atoms with Gasteiger partial charge < -0.3 is 0 Å². The predicted molar refractivity (Wildman–Crippen MR) is 70.7 cm³/mol. The summed E-state index contributed by atoms with van der Waals surface area (Å²) in [5.41, 5.74) is 0.175. The second-order valence-electron chi connectivity index (χ2n) is 4.44. The summed E-state index contributed by atoms with van der Waals surface area (Å²) in [6, 6.07) is 5.47. The zero-order chi connectivity index (χ0) is 14.8. The quantitative estimate of drug-likeness (QED) is 0.857. The number of carbonyl (C=O) groups is 1. The van der Waals surface area contributed by atoms with E-state index in [1.807, 2.05) is 0 Å². The minimum Gasteiger partial charge on any atom is -0.300 e. The number of benzene rings is 1. The highest BCUT2D eigenvalue weighted by atomic mass is 32.1. The molecule has 1 aromatic carbocycles. The Bertz CT molecular complexity index is 619. The third-order valence-electron chi connectivity index (χ3n) is 2.69. The SMILES string of the molecule is CC(=O)Cc1csc(Cc2ccccc2C(F)(F)F)n1. The molecule has 1 heterocycles. The topological polar surface area (TPSA) is 30.0 Å². The van der Waals surface area contributed by atoms with Crippen molar-refractivity contribution >= 4 is 17.1 Å². The van der Waals surface area contributed by atoms with E-state index in [0.717, 1.165) is 6.07 Å². The van der Waals surface area contributed by atoms with Crippen LogP contribution in [0.2, 0.25) is 0 Å². The first-order valence-electron chi connectivity index (χ1n) is 5.94. The Labute approximate surface area is 118 Å². The van der Waals surface area contributed by atoms with Crippen molar-refractivity contribution in [1.29, 1.82) is 0 Å². The molecule has 2 nitrogen and oxygen atoms in total. The molecule has 0 aliphatic carbocycles. The zero-order valence-corrected chi connectivity index (χ0v) is 11.5. The molecule has 1 aromatic heterocycles. The van der Waals surface area contributed by atoms with Crippen LogP contribution in [0.4, 0.5) is 13.2 Å². The Hall–Kier alpha value is -1.69. The molecule has 0 spiro atoms. The maximum Gasteiger partial charge on any atom is 0.416 e. The Kier molecular flexibility index (Phi) is 4.23. The maximum atomic E-state index is 12.9. The summed E-state index contributed by atoms with van der Waals surface area (Å²) < 4.78 is 38.6. The minimum absolute atomic E-state index is 0.0162. The summed E-state index contributed by atoms with van der Waals surface area (Å²) in [4.78, 5) is 15.2. The Morgan fingerprint density at radius 1 is 1.30 bits per heavy atom. The molecule has 0 saturated heterocycles. The molecule has 0 N–H and O–H groups in total. The fourth-order valence-electron chi connectivity index (χ4n) is 1.88. The van der Waals surface area contributed by atoms with Crippen molar-refractivity contribution in [1.82, 2.24) is 4.98 Å². The molecule has 0 saturated carbocycles. The lowest BCUT2D eigenvalue weighted by atomic mass is 10.0. The van der Waals surface area contributed by atoms with Crippen LogP contribution in [0.1, 0.15) is 28.8 Å². The highest BCUT2D eigenvalue weighted by molar-refractivity contribution is 7.09. The number of hydrogen-bond acceptors (Lipinski definition) is 3. The third-order valence-corrected chi connectivity index (χ3v) is 3.59.